The third-order valence-corrected chi connectivity index (χ3v) is 17.4. The number of anilines is 3. The maximum atomic E-state index is 2.50. The van der Waals surface area contributed by atoms with Crippen LogP contribution in [0.4, 0.5) is 17.1 Å². The second-order valence-electron chi connectivity index (χ2n) is 21.9. The molecular formula is C81H54N2. The number of fused-ring (bicyclic) bond motifs is 9. The Kier molecular flexibility index (Phi) is 11.5. The van der Waals surface area contributed by atoms with Gasteiger partial charge < -0.3 is 9.47 Å². The van der Waals surface area contributed by atoms with Crippen LogP contribution in [0, 0.1) is 0 Å². The van der Waals surface area contributed by atoms with Gasteiger partial charge in [-0.15, -0.1) is 0 Å². The standard InChI is InChI=1S/C81H54N2/c1-7-23-55(24-8-1)56-39-43-64(44-40-56)82(65-45-48-68-67-35-19-20-37-72(67)80(74(68)53-65)79(57-25-9-2-10-26-57)58-27-11-3-12-28-58)66-46-49-70-69-47-41-60(52-75(69)81(76(70)54-66,61-29-13-4-14-30-61)62-31-15-5-16-32-62)59-42-50-78-73(51-59)71-36-21-22-38-77(71)83(78)63-33-17-6-18-34-63/h1-54H. The fourth-order valence-corrected chi connectivity index (χ4v) is 13.8. The molecule has 0 saturated carbocycles. The normalized spacial score (nSPS) is 12.7. The highest BCUT2D eigenvalue weighted by Crippen LogP contribution is 2.59. The lowest BCUT2D eigenvalue weighted by atomic mass is 9.67. The summed E-state index contributed by atoms with van der Waals surface area (Å²) in [4.78, 5) is 2.48. The lowest BCUT2D eigenvalue weighted by Gasteiger charge is -2.35. The van der Waals surface area contributed by atoms with Gasteiger partial charge in [0, 0.05) is 33.5 Å². The Hall–Kier alpha value is -10.8. The summed E-state index contributed by atoms with van der Waals surface area (Å²) >= 11 is 0. The molecule has 1 aromatic heterocycles. The van der Waals surface area contributed by atoms with Gasteiger partial charge in [0.1, 0.15) is 0 Å². The molecule has 83 heavy (non-hydrogen) atoms. The van der Waals surface area contributed by atoms with Crippen molar-refractivity contribution in [2.24, 2.45) is 0 Å². The van der Waals surface area contributed by atoms with Crippen molar-refractivity contribution in [2.75, 3.05) is 4.90 Å². The zero-order chi connectivity index (χ0) is 54.8. The quantitative estimate of drug-likeness (QED) is 0.133. The van der Waals surface area contributed by atoms with Gasteiger partial charge in [0.15, 0.2) is 0 Å². The molecule has 0 bridgehead atoms. The average Bonchev–Trinajstić information content (AvgIpc) is 2.20. The largest absolute Gasteiger partial charge is 0.310 e. The molecular weight excluding hydrogens is 1000 g/mol. The average molecular weight is 1060 g/mol. The van der Waals surface area contributed by atoms with Gasteiger partial charge in [0.25, 0.3) is 0 Å². The fraction of sp³-hybridized carbons (Fsp3) is 0.0123. The van der Waals surface area contributed by atoms with Crippen molar-refractivity contribution in [2.45, 2.75) is 5.41 Å². The summed E-state index contributed by atoms with van der Waals surface area (Å²) in [6, 6.07) is 121. The van der Waals surface area contributed by atoms with Gasteiger partial charge in [-0.1, -0.05) is 255 Å². The zero-order valence-corrected chi connectivity index (χ0v) is 45.6. The topological polar surface area (TPSA) is 8.17 Å². The SMILES string of the molecule is c1ccc(C(=C2c3ccccc3-c3ccc(N(c4ccc(-c5ccccc5)cc4)c4ccc5c(c4)C(c4ccccc4)(c4ccccc4)c4cc(-c6ccc7c(c6)c6ccccc6n7-c6ccccc6)ccc4-5)cc32)c2ccccc2)cc1. The molecule has 0 spiro atoms. The number of benzene rings is 13. The molecule has 1 heterocycles. The zero-order valence-electron chi connectivity index (χ0n) is 45.6. The van der Waals surface area contributed by atoms with Gasteiger partial charge in [-0.2, -0.15) is 0 Å². The van der Waals surface area contributed by atoms with Crippen LogP contribution in [0.1, 0.15) is 44.5 Å². The molecule has 16 rings (SSSR count). The first kappa shape index (κ1) is 48.1. The third kappa shape index (κ3) is 7.79. The Morgan fingerprint density at radius 2 is 0.723 bits per heavy atom. The molecule has 0 aliphatic heterocycles. The van der Waals surface area contributed by atoms with Gasteiger partial charge >= 0.3 is 0 Å². The van der Waals surface area contributed by atoms with Crippen molar-refractivity contribution in [3.8, 4) is 50.2 Å². The first-order valence-electron chi connectivity index (χ1n) is 28.7. The highest BCUT2D eigenvalue weighted by atomic mass is 15.1. The van der Waals surface area contributed by atoms with Crippen molar-refractivity contribution in [3.05, 3.63) is 372 Å². The van der Waals surface area contributed by atoms with E-state index in [2.05, 4.69) is 337 Å². The van der Waals surface area contributed by atoms with E-state index in [1.807, 2.05) is 0 Å². The highest BCUT2D eigenvalue weighted by molar-refractivity contribution is 6.14. The van der Waals surface area contributed by atoms with E-state index in [9.17, 15) is 0 Å². The first-order valence-corrected chi connectivity index (χ1v) is 28.7. The minimum Gasteiger partial charge on any atom is -0.310 e. The van der Waals surface area contributed by atoms with Crippen LogP contribution in [0.3, 0.4) is 0 Å². The number of aromatic nitrogens is 1. The molecule has 2 aliphatic rings. The van der Waals surface area contributed by atoms with E-state index in [4.69, 9.17) is 0 Å². The van der Waals surface area contributed by atoms with Crippen LogP contribution in [0.15, 0.2) is 328 Å². The van der Waals surface area contributed by atoms with Gasteiger partial charge in [0.2, 0.25) is 0 Å². The van der Waals surface area contributed by atoms with Crippen molar-refractivity contribution in [1.82, 2.24) is 4.57 Å². The first-order chi connectivity index (χ1) is 41.2. The summed E-state index contributed by atoms with van der Waals surface area (Å²) in [5.74, 6) is 0. The number of rotatable bonds is 10. The minimum atomic E-state index is -0.675. The van der Waals surface area contributed by atoms with Crippen molar-refractivity contribution < 1.29 is 0 Å². The number of para-hydroxylation sites is 2. The predicted octanol–water partition coefficient (Wildman–Crippen LogP) is 20.9. The summed E-state index contributed by atoms with van der Waals surface area (Å²) in [6.07, 6.45) is 0. The Labute approximate surface area is 484 Å². The molecule has 0 N–H and O–H groups in total. The number of hydrogen-bond donors (Lipinski definition) is 0. The fourth-order valence-electron chi connectivity index (χ4n) is 13.8. The molecule has 0 atom stereocenters. The van der Waals surface area contributed by atoms with E-state index >= 15 is 0 Å². The lowest BCUT2D eigenvalue weighted by Crippen LogP contribution is -2.28. The van der Waals surface area contributed by atoms with Gasteiger partial charge in [-0.3, -0.25) is 0 Å². The number of nitrogens with zero attached hydrogens (tertiary/aromatic N) is 2. The van der Waals surface area contributed by atoms with Crippen LogP contribution in [0.2, 0.25) is 0 Å². The van der Waals surface area contributed by atoms with Crippen molar-refractivity contribution in [1.29, 1.82) is 0 Å². The van der Waals surface area contributed by atoms with E-state index < -0.39 is 5.41 Å². The van der Waals surface area contributed by atoms with Crippen LogP contribution < -0.4 is 4.90 Å². The second kappa shape index (κ2) is 19.8. The molecule has 0 unspecified atom stereocenters. The Morgan fingerprint density at radius 3 is 1.39 bits per heavy atom. The molecule has 0 amide bonds. The lowest BCUT2D eigenvalue weighted by molar-refractivity contribution is 0.768. The molecule has 14 aromatic rings. The molecule has 2 nitrogen and oxygen atoms in total. The van der Waals surface area contributed by atoms with Crippen LogP contribution >= 0.6 is 0 Å². The Bertz CT molecular complexity index is 4710. The maximum Gasteiger partial charge on any atom is 0.0714 e. The van der Waals surface area contributed by atoms with Crippen LogP contribution in [0.5, 0.6) is 0 Å². The third-order valence-electron chi connectivity index (χ3n) is 17.4. The monoisotopic (exact) mass is 1050 g/mol. The van der Waals surface area contributed by atoms with Crippen LogP contribution in [-0.4, -0.2) is 4.57 Å². The van der Waals surface area contributed by atoms with Crippen LogP contribution in [-0.2, 0) is 5.41 Å². The summed E-state index contributed by atoms with van der Waals surface area (Å²) in [6.45, 7) is 0. The molecule has 0 saturated heterocycles. The van der Waals surface area contributed by atoms with Crippen molar-refractivity contribution in [3.63, 3.8) is 0 Å². The molecule has 388 valence electrons. The van der Waals surface area contributed by atoms with E-state index in [0.29, 0.717) is 0 Å². The summed E-state index contributed by atoms with van der Waals surface area (Å²) < 4.78 is 2.40. The summed E-state index contributed by atoms with van der Waals surface area (Å²) in [5, 5.41) is 2.48. The van der Waals surface area contributed by atoms with E-state index in [1.54, 1.807) is 0 Å². The Balaban J connectivity index is 0.916. The second-order valence-corrected chi connectivity index (χ2v) is 21.9. The molecule has 2 aliphatic carbocycles. The summed E-state index contributed by atoms with van der Waals surface area (Å²) in [5.41, 5.74) is 28.0. The smallest absolute Gasteiger partial charge is 0.0714 e. The molecule has 0 fully saturated rings. The molecule has 0 radical (unpaired) electrons. The molecule has 13 aromatic carbocycles. The maximum absolute atomic E-state index is 2.50. The highest BCUT2D eigenvalue weighted by Gasteiger charge is 2.47. The van der Waals surface area contributed by atoms with Gasteiger partial charge in [0.05, 0.1) is 16.4 Å². The van der Waals surface area contributed by atoms with Gasteiger partial charge in [-0.05, 0) is 173 Å². The van der Waals surface area contributed by atoms with E-state index in [1.165, 1.54) is 122 Å². The van der Waals surface area contributed by atoms with Crippen LogP contribution in [0.25, 0.3) is 83.1 Å². The van der Waals surface area contributed by atoms with E-state index in [-0.39, 0.29) is 0 Å². The predicted molar refractivity (Wildman–Crippen MR) is 347 cm³/mol. The summed E-state index contributed by atoms with van der Waals surface area (Å²) in [7, 11) is 0. The minimum absolute atomic E-state index is 0.675. The number of hydrogen-bond acceptors (Lipinski definition) is 1. The van der Waals surface area contributed by atoms with Crippen molar-refractivity contribution >= 4 is 50.0 Å². The Morgan fingerprint density at radius 1 is 0.277 bits per heavy atom. The molecule has 2 heteroatoms. The van der Waals surface area contributed by atoms with Gasteiger partial charge in [-0.25, -0.2) is 0 Å². The van der Waals surface area contributed by atoms with E-state index in [0.717, 1.165) is 22.7 Å².